The zero-order chi connectivity index (χ0) is 6.74. The SMILES string of the molecule is NCP1(=O)CNCNC1. The van der Waals surface area contributed by atoms with E-state index >= 15 is 0 Å². The van der Waals surface area contributed by atoms with Crippen molar-refractivity contribution in [1.29, 1.82) is 0 Å². The lowest BCUT2D eigenvalue weighted by molar-refractivity contribution is 0.540. The third-order valence-electron chi connectivity index (χ3n) is 1.38. The smallest absolute Gasteiger partial charge is 0.127 e. The lowest BCUT2D eigenvalue weighted by Crippen LogP contribution is -2.38. The zero-order valence-corrected chi connectivity index (χ0v) is 6.16. The van der Waals surface area contributed by atoms with Crippen molar-refractivity contribution in [1.82, 2.24) is 10.6 Å². The molecule has 1 fully saturated rings. The molecular formula is C4H12N3OP. The first kappa shape index (κ1) is 7.22. The largest absolute Gasteiger partial charge is 0.324 e. The highest BCUT2D eigenvalue weighted by Gasteiger charge is 2.21. The van der Waals surface area contributed by atoms with E-state index in [2.05, 4.69) is 10.6 Å². The zero-order valence-electron chi connectivity index (χ0n) is 5.26. The molecule has 1 aliphatic rings. The highest BCUT2D eigenvalue weighted by atomic mass is 31.2. The fourth-order valence-electron chi connectivity index (χ4n) is 0.793. The first-order chi connectivity index (χ1) is 4.27. The second kappa shape index (κ2) is 2.80. The van der Waals surface area contributed by atoms with Gasteiger partial charge >= 0.3 is 0 Å². The van der Waals surface area contributed by atoms with Crippen molar-refractivity contribution in [2.75, 3.05) is 25.5 Å². The summed E-state index contributed by atoms with van der Waals surface area (Å²) in [5, 5.41) is 5.94. The minimum atomic E-state index is -2.04. The van der Waals surface area contributed by atoms with Gasteiger partial charge in [0.15, 0.2) is 0 Å². The van der Waals surface area contributed by atoms with Crippen molar-refractivity contribution in [3.63, 3.8) is 0 Å². The third kappa shape index (κ3) is 1.76. The highest BCUT2D eigenvalue weighted by Crippen LogP contribution is 2.41. The van der Waals surface area contributed by atoms with E-state index in [1.165, 1.54) is 0 Å². The van der Waals surface area contributed by atoms with Crippen LogP contribution >= 0.6 is 7.14 Å². The van der Waals surface area contributed by atoms with Crippen LogP contribution in [0.25, 0.3) is 0 Å². The molecule has 4 nitrogen and oxygen atoms in total. The quantitative estimate of drug-likeness (QED) is 0.432. The first-order valence-electron chi connectivity index (χ1n) is 2.95. The second-order valence-electron chi connectivity index (χ2n) is 2.23. The molecule has 0 bridgehead atoms. The predicted molar refractivity (Wildman–Crippen MR) is 37.5 cm³/mol. The summed E-state index contributed by atoms with van der Waals surface area (Å²) < 4.78 is 11.4. The van der Waals surface area contributed by atoms with Gasteiger partial charge in [-0.05, 0) is 0 Å². The molecule has 1 heterocycles. The van der Waals surface area contributed by atoms with Gasteiger partial charge in [0.2, 0.25) is 0 Å². The monoisotopic (exact) mass is 149 g/mol. The van der Waals surface area contributed by atoms with Crippen LogP contribution in [-0.2, 0) is 4.57 Å². The highest BCUT2D eigenvalue weighted by molar-refractivity contribution is 7.63. The Bertz CT molecular complexity index is 128. The van der Waals surface area contributed by atoms with Gasteiger partial charge in [-0.2, -0.15) is 0 Å². The van der Waals surface area contributed by atoms with E-state index in [-0.39, 0.29) is 0 Å². The van der Waals surface area contributed by atoms with Crippen LogP contribution in [0.15, 0.2) is 0 Å². The number of nitrogens with two attached hydrogens (primary N) is 1. The molecule has 5 heteroatoms. The third-order valence-corrected chi connectivity index (χ3v) is 3.65. The van der Waals surface area contributed by atoms with Gasteiger partial charge in [0.1, 0.15) is 7.14 Å². The summed E-state index contributed by atoms with van der Waals surface area (Å²) in [6.45, 7) is 0.754. The summed E-state index contributed by atoms with van der Waals surface area (Å²) >= 11 is 0. The van der Waals surface area contributed by atoms with Crippen molar-refractivity contribution in [3.8, 4) is 0 Å². The summed E-state index contributed by atoms with van der Waals surface area (Å²) in [4.78, 5) is 0. The number of hydrogen-bond acceptors (Lipinski definition) is 4. The van der Waals surface area contributed by atoms with Gasteiger partial charge in [-0.15, -0.1) is 0 Å². The average Bonchev–Trinajstić information content (AvgIpc) is 1.90. The van der Waals surface area contributed by atoms with Gasteiger partial charge in [0, 0.05) is 13.0 Å². The molecule has 0 aromatic carbocycles. The van der Waals surface area contributed by atoms with Crippen LogP contribution in [0.5, 0.6) is 0 Å². The molecule has 0 atom stereocenters. The molecule has 1 saturated heterocycles. The van der Waals surface area contributed by atoms with E-state index in [4.69, 9.17) is 5.73 Å². The molecule has 0 aromatic rings. The van der Waals surface area contributed by atoms with E-state index in [1.54, 1.807) is 0 Å². The van der Waals surface area contributed by atoms with E-state index in [9.17, 15) is 4.57 Å². The lowest BCUT2D eigenvalue weighted by atomic mass is 11.0. The molecule has 4 N–H and O–H groups in total. The molecule has 0 saturated carbocycles. The fourth-order valence-corrected chi connectivity index (χ4v) is 2.20. The fraction of sp³-hybridized carbons (Fsp3) is 1.00. The van der Waals surface area contributed by atoms with E-state index in [0.717, 1.165) is 6.67 Å². The Labute approximate surface area is 54.6 Å². The first-order valence-corrected chi connectivity index (χ1v) is 5.22. The Morgan fingerprint density at radius 1 is 1.44 bits per heavy atom. The second-order valence-corrected chi connectivity index (χ2v) is 5.35. The number of rotatable bonds is 1. The van der Waals surface area contributed by atoms with Crippen molar-refractivity contribution < 1.29 is 4.57 Å². The van der Waals surface area contributed by atoms with Crippen molar-refractivity contribution in [2.24, 2.45) is 5.73 Å². The maximum absolute atomic E-state index is 11.4. The Balaban J connectivity index is 2.47. The van der Waals surface area contributed by atoms with Gasteiger partial charge in [-0.3, -0.25) is 10.6 Å². The number of hydrogen-bond donors (Lipinski definition) is 3. The molecule has 1 rings (SSSR count). The van der Waals surface area contributed by atoms with Crippen LogP contribution in [0.4, 0.5) is 0 Å². The minimum absolute atomic E-state index is 0.312. The molecular weight excluding hydrogens is 137 g/mol. The lowest BCUT2D eigenvalue weighted by Gasteiger charge is -2.22. The van der Waals surface area contributed by atoms with Crippen LogP contribution in [0.3, 0.4) is 0 Å². The van der Waals surface area contributed by atoms with Crippen LogP contribution in [0.2, 0.25) is 0 Å². The predicted octanol–water partition coefficient (Wildman–Crippen LogP) is -0.669. The Kier molecular flexibility index (Phi) is 2.24. The summed E-state index contributed by atoms with van der Waals surface area (Å²) in [5.41, 5.74) is 5.29. The van der Waals surface area contributed by atoms with Crippen molar-refractivity contribution in [3.05, 3.63) is 0 Å². The molecule has 0 aromatic heterocycles. The van der Waals surface area contributed by atoms with Crippen LogP contribution in [-0.4, -0.2) is 25.5 Å². The van der Waals surface area contributed by atoms with Gasteiger partial charge in [0.25, 0.3) is 0 Å². The van der Waals surface area contributed by atoms with Crippen molar-refractivity contribution in [2.45, 2.75) is 0 Å². The summed E-state index contributed by atoms with van der Waals surface area (Å²) in [7, 11) is -2.04. The van der Waals surface area contributed by atoms with Crippen LogP contribution < -0.4 is 16.4 Å². The number of nitrogens with one attached hydrogen (secondary N) is 2. The minimum Gasteiger partial charge on any atom is -0.324 e. The molecule has 0 radical (unpaired) electrons. The Hall–Kier alpha value is 0.110. The molecule has 0 aliphatic carbocycles. The average molecular weight is 149 g/mol. The van der Waals surface area contributed by atoms with Gasteiger partial charge < -0.3 is 10.3 Å². The normalized spacial score (nSPS) is 25.9. The summed E-state index contributed by atoms with van der Waals surface area (Å²) in [6.07, 6.45) is 1.50. The molecule has 0 spiro atoms. The molecule has 0 unspecified atom stereocenters. The molecule has 9 heavy (non-hydrogen) atoms. The molecule has 54 valence electrons. The van der Waals surface area contributed by atoms with Gasteiger partial charge in [0.05, 0.1) is 12.6 Å². The van der Waals surface area contributed by atoms with Gasteiger partial charge in [-0.1, -0.05) is 0 Å². The van der Waals surface area contributed by atoms with Crippen LogP contribution in [0, 0.1) is 0 Å². The molecule has 1 aliphatic heterocycles. The Morgan fingerprint density at radius 2 is 2.00 bits per heavy atom. The van der Waals surface area contributed by atoms with E-state index < -0.39 is 7.14 Å². The van der Waals surface area contributed by atoms with Crippen LogP contribution in [0.1, 0.15) is 0 Å². The maximum Gasteiger partial charge on any atom is 0.127 e. The van der Waals surface area contributed by atoms with Crippen molar-refractivity contribution >= 4 is 7.14 Å². The maximum atomic E-state index is 11.4. The molecule has 0 amide bonds. The summed E-state index contributed by atoms with van der Waals surface area (Å²) in [6, 6.07) is 0. The standard InChI is InChI=1S/C4H12N3OP/c5-1-9(8)3-6-2-7-4-9/h6-7H,1-5H2. The topological polar surface area (TPSA) is 67.2 Å². The van der Waals surface area contributed by atoms with E-state index in [0.29, 0.717) is 18.9 Å². The summed E-state index contributed by atoms with van der Waals surface area (Å²) in [5.74, 6) is 0. The Morgan fingerprint density at radius 3 is 2.33 bits per heavy atom. The van der Waals surface area contributed by atoms with Gasteiger partial charge in [-0.25, -0.2) is 0 Å². The van der Waals surface area contributed by atoms with E-state index in [1.807, 2.05) is 0 Å².